The second-order valence-electron chi connectivity index (χ2n) is 5.46. The molecular weight excluding hydrogens is 316 g/mol. The third kappa shape index (κ3) is 3.51. The lowest BCUT2D eigenvalue weighted by atomic mass is 10.2. The average Bonchev–Trinajstić information content (AvgIpc) is 2.92. The maximum atomic E-state index is 13.5. The lowest BCUT2D eigenvalue weighted by Gasteiger charge is -2.17. The molecule has 2 aromatic carbocycles. The number of nitrogens with zero attached hydrogens (tertiary/aromatic N) is 1. The predicted molar refractivity (Wildman–Crippen MR) is 85.7 cm³/mol. The van der Waals surface area contributed by atoms with Crippen LogP contribution in [0.15, 0.2) is 48.5 Å². The Bertz CT molecular complexity index is 768. The lowest BCUT2D eigenvalue weighted by Crippen LogP contribution is -2.39. The number of para-hydroxylation sites is 1. The molecule has 124 valence electrons. The summed E-state index contributed by atoms with van der Waals surface area (Å²) in [6, 6.07) is 10.8. The van der Waals surface area contributed by atoms with Crippen molar-refractivity contribution >= 4 is 23.3 Å². The second-order valence-corrected chi connectivity index (χ2v) is 5.46. The largest absolute Gasteiger partial charge is 0.333 e. The SMILES string of the molecule is O=C(Nc1cc(F)ccc1F)N[C@H]1CC(=O)N(c2ccccc2)C1. The van der Waals surface area contributed by atoms with Gasteiger partial charge < -0.3 is 15.5 Å². The van der Waals surface area contributed by atoms with E-state index in [-0.39, 0.29) is 18.0 Å². The van der Waals surface area contributed by atoms with Gasteiger partial charge in [-0.1, -0.05) is 18.2 Å². The van der Waals surface area contributed by atoms with Crippen LogP contribution in [0.5, 0.6) is 0 Å². The Hall–Kier alpha value is -2.96. The molecule has 2 N–H and O–H groups in total. The fourth-order valence-corrected chi connectivity index (χ4v) is 2.60. The van der Waals surface area contributed by atoms with E-state index in [4.69, 9.17) is 0 Å². The maximum Gasteiger partial charge on any atom is 0.319 e. The number of carbonyl (C=O) groups excluding carboxylic acids is 2. The molecule has 0 aliphatic carbocycles. The first kappa shape index (κ1) is 15.9. The molecule has 2 aromatic rings. The lowest BCUT2D eigenvalue weighted by molar-refractivity contribution is -0.117. The molecule has 1 saturated heterocycles. The molecule has 0 bridgehead atoms. The van der Waals surface area contributed by atoms with Crippen molar-refractivity contribution in [1.82, 2.24) is 5.32 Å². The van der Waals surface area contributed by atoms with Crippen LogP contribution in [-0.2, 0) is 4.79 Å². The van der Waals surface area contributed by atoms with E-state index < -0.39 is 23.7 Å². The molecule has 3 amide bonds. The number of amides is 3. The number of hydrogen-bond donors (Lipinski definition) is 2. The van der Waals surface area contributed by atoms with Crippen molar-refractivity contribution in [2.24, 2.45) is 0 Å². The van der Waals surface area contributed by atoms with E-state index >= 15 is 0 Å². The van der Waals surface area contributed by atoms with Gasteiger partial charge in [0.25, 0.3) is 0 Å². The van der Waals surface area contributed by atoms with E-state index in [2.05, 4.69) is 10.6 Å². The Balaban J connectivity index is 1.61. The molecule has 0 spiro atoms. The van der Waals surface area contributed by atoms with Crippen LogP contribution in [0.2, 0.25) is 0 Å². The highest BCUT2D eigenvalue weighted by atomic mass is 19.1. The molecule has 1 atom stereocenters. The summed E-state index contributed by atoms with van der Waals surface area (Å²) in [4.78, 5) is 25.6. The Morgan fingerprint density at radius 3 is 2.62 bits per heavy atom. The van der Waals surface area contributed by atoms with Gasteiger partial charge in [0, 0.05) is 24.7 Å². The van der Waals surface area contributed by atoms with E-state index in [0.717, 1.165) is 23.9 Å². The summed E-state index contributed by atoms with van der Waals surface area (Å²) in [5.74, 6) is -1.50. The zero-order valence-corrected chi connectivity index (χ0v) is 12.6. The van der Waals surface area contributed by atoms with Gasteiger partial charge in [0.2, 0.25) is 5.91 Å². The summed E-state index contributed by atoms with van der Waals surface area (Å²) >= 11 is 0. The van der Waals surface area contributed by atoms with Gasteiger partial charge in [-0.25, -0.2) is 13.6 Å². The van der Waals surface area contributed by atoms with Crippen LogP contribution in [-0.4, -0.2) is 24.5 Å². The summed E-state index contributed by atoms with van der Waals surface area (Å²) in [5.41, 5.74) is 0.500. The Kier molecular flexibility index (Phi) is 4.41. The van der Waals surface area contributed by atoms with Gasteiger partial charge >= 0.3 is 6.03 Å². The number of halogens is 2. The smallest absolute Gasteiger partial charge is 0.319 e. The van der Waals surface area contributed by atoms with E-state index in [9.17, 15) is 18.4 Å². The number of urea groups is 1. The van der Waals surface area contributed by atoms with E-state index in [1.807, 2.05) is 30.3 Å². The monoisotopic (exact) mass is 331 g/mol. The van der Waals surface area contributed by atoms with Gasteiger partial charge in [-0.2, -0.15) is 0 Å². The zero-order chi connectivity index (χ0) is 17.1. The summed E-state index contributed by atoms with van der Waals surface area (Å²) in [6.45, 7) is 0.321. The fraction of sp³-hybridized carbons (Fsp3) is 0.176. The molecular formula is C17H15F2N3O2. The first-order chi connectivity index (χ1) is 11.5. The normalized spacial score (nSPS) is 17.0. The van der Waals surface area contributed by atoms with Crippen molar-refractivity contribution in [3.63, 3.8) is 0 Å². The molecule has 1 heterocycles. The second kappa shape index (κ2) is 6.66. The third-order valence-corrected chi connectivity index (χ3v) is 3.70. The quantitative estimate of drug-likeness (QED) is 0.908. The minimum absolute atomic E-state index is 0.108. The van der Waals surface area contributed by atoms with Gasteiger partial charge in [-0.3, -0.25) is 4.79 Å². The molecule has 0 saturated carbocycles. The number of rotatable bonds is 3. The number of benzene rings is 2. The highest BCUT2D eigenvalue weighted by Crippen LogP contribution is 2.21. The van der Waals surface area contributed by atoms with E-state index in [1.54, 1.807) is 4.90 Å². The van der Waals surface area contributed by atoms with Crippen molar-refractivity contribution in [2.45, 2.75) is 12.5 Å². The molecule has 24 heavy (non-hydrogen) atoms. The van der Waals surface area contributed by atoms with Crippen LogP contribution < -0.4 is 15.5 Å². The summed E-state index contributed by atoms with van der Waals surface area (Å²) in [7, 11) is 0. The van der Waals surface area contributed by atoms with E-state index in [1.165, 1.54) is 0 Å². The van der Waals surface area contributed by atoms with Crippen molar-refractivity contribution in [1.29, 1.82) is 0 Å². The van der Waals surface area contributed by atoms with Gasteiger partial charge in [-0.15, -0.1) is 0 Å². The van der Waals surface area contributed by atoms with E-state index in [0.29, 0.717) is 6.54 Å². The van der Waals surface area contributed by atoms with Crippen molar-refractivity contribution in [2.75, 3.05) is 16.8 Å². The van der Waals surface area contributed by atoms with Crippen molar-refractivity contribution in [3.05, 3.63) is 60.2 Å². The summed E-state index contributed by atoms with van der Waals surface area (Å²) in [5, 5.41) is 4.86. The average molecular weight is 331 g/mol. The number of carbonyl (C=O) groups is 2. The molecule has 0 radical (unpaired) electrons. The summed E-state index contributed by atoms with van der Waals surface area (Å²) < 4.78 is 26.6. The van der Waals surface area contributed by atoms with Gasteiger partial charge in [0.15, 0.2) is 0 Å². The van der Waals surface area contributed by atoms with Crippen LogP contribution in [0.3, 0.4) is 0 Å². The molecule has 3 rings (SSSR count). The summed E-state index contributed by atoms with van der Waals surface area (Å²) in [6.07, 6.45) is 0.147. The fourth-order valence-electron chi connectivity index (χ4n) is 2.60. The predicted octanol–water partition coefficient (Wildman–Crippen LogP) is 2.89. The van der Waals surface area contributed by atoms with Crippen molar-refractivity contribution < 1.29 is 18.4 Å². The minimum atomic E-state index is -0.736. The molecule has 0 unspecified atom stereocenters. The van der Waals surface area contributed by atoms with Crippen LogP contribution in [0.25, 0.3) is 0 Å². The highest BCUT2D eigenvalue weighted by Gasteiger charge is 2.31. The Morgan fingerprint density at radius 1 is 1.12 bits per heavy atom. The van der Waals surface area contributed by atoms with Crippen LogP contribution in [0, 0.1) is 11.6 Å². The molecule has 7 heteroatoms. The zero-order valence-electron chi connectivity index (χ0n) is 12.6. The molecule has 0 aromatic heterocycles. The number of hydrogen-bond acceptors (Lipinski definition) is 2. The van der Waals surface area contributed by atoms with Gasteiger partial charge in [0.1, 0.15) is 11.6 Å². The maximum absolute atomic E-state index is 13.5. The topological polar surface area (TPSA) is 61.4 Å². The van der Waals surface area contributed by atoms with Crippen LogP contribution in [0.1, 0.15) is 6.42 Å². The van der Waals surface area contributed by atoms with Gasteiger partial charge in [0.05, 0.1) is 11.7 Å². The third-order valence-electron chi connectivity index (χ3n) is 3.70. The first-order valence-electron chi connectivity index (χ1n) is 7.41. The minimum Gasteiger partial charge on any atom is -0.333 e. The Morgan fingerprint density at radius 2 is 1.88 bits per heavy atom. The molecule has 5 nitrogen and oxygen atoms in total. The van der Waals surface area contributed by atoms with Crippen LogP contribution >= 0.6 is 0 Å². The van der Waals surface area contributed by atoms with Gasteiger partial charge in [-0.05, 0) is 24.3 Å². The first-order valence-corrected chi connectivity index (χ1v) is 7.41. The highest BCUT2D eigenvalue weighted by molar-refractivity contribution is 5.97. The molecule has 1 fully saturated rings. The van der Waals surface area contributed by atoms with Crippen molar-refractivity contribution in [3.8, 4) is 0 Å². The Labute approximate surface area is 137 Å². The number of anilines is 2. The molecule has 1 aliphatic rings. The standard InChI is InChI=1S/C17H15F2N3O2/c18-11-6-7-14(19)15(8-11)21-17(24)20-12-9-16(23)22(10-12)13-4-2-1-3-5-13/h1-8,12H,9-10H2,(H2,20,21,24)/t12-/m0/s1. The molecule has 1 aliphatic heterocycles. The number of nitrogens with one attached hydrogen (secondary N) is 2. The van der Waals surface area contributed by atoms with Crippen LogP contribution in [0.4, 0.5) is 25.0 Å².